The van der Waals surface area contributed by atoms with Crippen molar-refractivity contribution in [2.24, 2.45) is 0 Å². The lowest BCUT2D eigenvalue weighted by Gasteiger charge is -2.04. The molecule has 0 bridgehead atoms. The quantitative estimate of drug-likeness (QED) is 0.804. The lowest BCUT2D eigenvalue weighted by atomic mass is 10.1. The first-order chi connectivity index (χ1) is 7.02. The molecule has 0 saturated heterocycles. The number of aryl methyl sites for hydroxylation is 2. The molecular formula is C11H12O2S2. The molecule has 0 aliphatic rings. The average molecular weight is 240 g/mol. The number of aliphatic hydroxyl groups excluding tert-OH is 1. The van der Waals surface area contributed by atoms with E-state index in [2.05, 4.69) is 0 Å². The SMILES string of the molecule is Cc1cc(C)cc(C(=S)SC(=O)CO)c1. The molecule has 0 fully saturated rings. The van der Waals surface area contributed by atoms with Gasteiger partial charge >= 0.3 is 0 Å². The number of hydrogen-bond donors (Lipinski definition) is 1. The summed E-state index contributed by atoms with van der Waals surface area (Å²) in [4.78, 5) is 11.0. The molecule has 0 atom stereocenters. The first-order valence-corrected chi connectivity index (χ1v) is 5.69. The van der Waals surface area contributed by atoms with Gasteiger partial charge in [-0.2, -0.15) is 0 Å². The molecule has 0 unspecified atom stereocenters. The van der Waals surface area contributed by atoms with Crippen molar-refractivity contribution in [2.75, 3.05) is 6.61 Å². The Balaban J connectivity index is 2.86. The van der Waals surface area contributed by atoms with E-state index in [1.165, 1.54) is 0 Å². The van der Waals surface area contributed by atoms with E-state index < -0.39 is 6.61 Å². The van der Waals surface area contributed by atoms with Crippen LogP contribution in [0.5, 0.6) is 0 Å². The fourth-order valence-corrected chi connectivity index (χ4v) is 2.19. The second-order valence-corrected chi connectivity index (χ2v) is 5.03. The first kappa shape index (κ1) is 12.4. The fourth-order valence-electron chi connectivity index (χ4n) is 1.29. The molecule has 0 radical (unpaired) electrons. The van der Waals surface area contributed by atoms with Crippen molar-refractivity contribution in [1.82, 2.24) is 0 Å². The number of thioether (sulfide) groups is 1. The van der Waals surface area contributed by atoms with E-state index in [0.717, 1.165) is 28.5 Å². The summed E-state index contributed by atoms with van der Waals surface area (Å²) >= 11 is 6.03. The highest BCUT2D eigenvalue weighted by atomic mass is 32.2. The number of carbonyl (C=O) groups is 1. The zero-order chi connectivity index (χ0) is 11.4. The molecule has 0 aromatic heterocycles. The number of carbonyl (C=O) groups excluding carboxylic acids is 1. The van der Waals surface area contributed by atoms with E-state index in [4.69, 9.17) is 17.3 Å². The largest absolute Gasteiger partial charge is 0.388 e. The smallest absolute Gasteiger partial charge is 0.219 e. The number of aliphatic hydroxyl groups is 1. The third kappa shape index (κ3) is 3.74. The molecule has 0 amide bonds. The van der Waals surface area contributed by atoms with Crippen LogP contribution in [-0.4, -0.2) is 21.0 Å². The summed E-state index contributed by atoms with van der Waals surface area (Å²) in [6, 6.07) is 5.92. The van der Waals surface area contributed by atoms with Gasteiger partial charge in [0.05, 0.1) is 4.20 Å². The van der Waals surface area contributed by atoms with Crippen LogP contribution in [0, 0.1) is 13.8 Å². The Kier molecular flexibility index (Phi) is 4.45. The van der Waals surface area contributed by atoms with Crippen molar-refractivity contribution in [3.8, 4) is 0 Å². The predicted octanol–water partition coefficient (Wildman–Crippen LogP) is 2.23. The van der Waals surface area contributed by atoms with E-state index in [-0.39, 0.29) is 5.12 Å². The Morgan fingerprint density at radius 2 is 1.87 bits per heavy atom. The van der Waals surface area contributed by atoms with Crippen molar-refractivity contribution in [2.45, 2.75) is 13.8 Å². The first-order valence-electron chi connectivity index (χ1n) is 4.47. The van der Waals surface area contributed by atoms with Crippen molar-refractivity contribution >= 4 is 33.3 Å². The summed E-state index contributed by atoms with van der Waals surface area (Å²) in [6.45, 7) is 3.49. The summed E-state index contributed by atoms with van der Waals surface area (Å²) in [7, 11) is 0. The standard InChI is InChI=1S/C11H12O2S2/c1-7-3-8(2)5-9(4-7)11(14)15-10(13)6-12/h3-5,12H,6H2,1-2H3. The van der Waals surface area contributed by atoms with Gasteiger partial charge in [0.2, 0.25) is 5.12 Å². The normalized spacial score (nSPS) is 10.1. The van der Waals surface area contributed by atoms with E-state index in [9.17, 15) is 4.79 Å². The summed E-state index contributed by atoms with van der Waals surface area (Å²) in [5, 5.41) is 8.29. The molecule has 80 valence electrons. The maximum absolute atomic E-state index is 11.0. The number of thiocarbonyl (C=S) groups is 1. The minimum Gasteiger partial charge on any atom is -0.388 e. The van der Waals surface area contributed by atoms with E-state index in [0.29, 0.717) is 4.20 Å². The zero-order valence-corrected chi connectivity index (χ0v) is 10.2. The highest BCUT2D eigenvalue weighted by molar-refractivity contribution is 8.33. The van der Waals surface area contributed by atoms with Crippen LogP contribution in [-0.2, 0) is 4.79 Å². The number of benzene rings is 1. The van der Waals surface area contributed by atoms with E-state index >= 15 is 0 Å². The molecule has 1 N–H and O–H groups in total. The lowest BCUT2D eigenvalue weighted by molar-refractivity contribution is -0.113. The highest BCUT2D eigenvalue weighted by Gasteiger charge is 2.08. The summed E-state index contributed by atoms with van der Waals surface area (Å²) in [5.41, 5.74) is 3.10. The second-order valence-electron chi connectivity index (χ2n) is 3.30. The maximum atomic E-state index is 11.0. The molecule has 4 heteroatoms. The van der Waals surface area contributed by atoms with Gasteiger partial charge in [0.25, 0.3) is 0 Å². The van der Waals surface area contributed by atoms with Gasteiger partial charge < -0.3 is 5.11 Å². The van der Waals surface area contributed by atoms with Gasteiger partial charge in [-0.1, -0.05) is 41.5 Å². The molecule has 0 aliphatic carbocycles. The highest BCUT2D eigenvalue weighted by Crippen LogP contribution is 2.17. The number of rotatable bonds is 2. The van der Waals surface area contributed by atoms with Crippen LogP contribution in [0.1, 0.15) is 16.7 Å². The topological polar surface area (TPSA) is 37.3 Å². The number of hydrogen-bond acceptors (Lipinski definition) is 4. The van der Waals surface area contributed by atoms with Gasteiger partial charge in [0.15, 0.2) is 0 Å². The van der Waals surface area contributed by atoms with Gasteiger partial charge in [-0.3, -0.25) is 4.79 Å². The molecule has 2 nitrogen and oxygen atoms in total. The van der Waals surface area contributed by atoms with Crippen LogP contribution in [0.2, 0.25) is 0 Å². The maximum Gasteiger partial charge on any atom is 0.219 e. The van der Waals surface area contributed by atoms with E-state index in [1.54, 1.807) is 0 Å². The average Bonchev–Trinajstić information content (AvgIpc) is 2.16. The summed E-state index contributed by atoms with van der Waals surface area (Å²) in [6.07, 6.45) is 0. The Labute approximate surface area is 98.7 Å². The van der Waals surface area contributed by atoms with Crippen LogP contribution in [0.25, 0.3) is 0 Å². The van der Waals surface area contributed by atoms with Crippen molar-refractivity contribution in [1.29, 1.82) is 0 Å². The van der Waals surface area contributed by atoms with Gasteiger partial charge in [-0.05, 0) is 31.2 Å². The Hall–Kier alpha value is -0.710. The van der Waals surface area contributed by atoms with Gasteiger partial charge in [0.1, 0.15) is 6.61 Å². The minimum atomic E-state index is -0.477. The van der Waals surface area contributed by atoms with Crippen LogP contribution in [0.4, 0.5) is 0 Å². The molecule has 15 heavy (non-hydrogen) atoms. The van der Waals surface area contributed by atoms with Crippen LogP contribution in [0.3, 0.4) is 0 Å². The predicted molar refractivity (Wildman–Crippen MR) is 67.3 cm³/mol. The Bertz CT molecular complexity index is 379. The third-order valence-electron chi connectivity index (χ3n) is 1.79. The molecule has 1 rings (SSSR count). The van der Waals surface area contributed by atoms with Gasteiger partial charge in [-0.15, -0.1) is 0 Å². The van der Waals surface area contributed by atoms with Gasteiger partial charge in [-0.25, -0.2) is 0 Å². The zero-order valence-electron chi connectivity index (χ0n) is 8.61. The van der Waals surface area contributed by atoms with Crippen LogP contribution >= 0.6 is 24.0 Å². The lowest BCUT2D eigenvalue weighted by Crippen LogP contribution is -2.03. The Morgan fingerprint density at radius 1 is 1.33 bits per heavy atom. The molecule has 1 aromatic carbocycles. The summed E-state index contributed by atoms with van der Waals surface area (Å²) in [5.74, 6) is 0. The summed E-state index contributed by atoms with van der Waals surface area (Å²) < 4.78 is 0.515. The fraction of sp³-hybridized carbons (Fsp3) is 0.273. The van der Waals surface area contributed by atoms with Crippen molar-refractivity contribution in [3.63, 3.8) is 0 Å². The second kappa shape index (κ2) is 5.39. The molecule has 0 aliphatic heterocycles. The molecule has 0 spiro atoms. The van der Waals surface area contributed by atoms with Crippen molar-refractivity contribution < 1.29 is 9.90 Å². The van der Waals surface area contributed by atoms with Crippen LogP contribution in [0.15, 0.2) is 18.2 Å². The van der Waals surface area contributed by atoms with E-state index in [1.807, 2.05) is 32.0 Å². The Morgan fingerprint density at radius 3 is 2.33 bits per heavy atom. The monoisotopic (exact) mass is 240 g/mol. The molecule has 0 heterocycles. The van der Waals surface area contributed by atoms with Crippen LogP contribution < -0.4 is 0 Å². The minimum absolute atomic E-state index is 0.320. The molecule has 1 aromatic rings. The van der Waals surface area contributed by atoms with Crippen molar-refractivity contribution in [3.05, 3.63) is 34.9 Å². The third-order valence-corrected chi connectivity index (χ3v) is 3.06. The molecular weight excluding hydrogens is 228 g/mol. The molecule has 0 saturated carbocycles. The van der Waals surface area contributed by atoms with Gasteiger partial charge in [0, 0.05) is 0 Å².